The molecule has 29 heavy (non-hydrogen) atoms. The van der Waals surface area contributed by atoms with Crippen molar-refractivity contribution in [2.75, 3.05) is 13.7 Å². The Balaban J connectivity index is 1.63. The van der Waals surface area contributed by atoms with Gasteiger partial charge in [0.25, 0.3) is 0 Å². The van der Waals surface area contributed by atoms with Gasteiger partial charge in [-0.05, 0) is 19.1 Å². The molecule has 0 aromatic heterocycles. The average molecular weight is 420 g/mol. The topological polar surface area (TPSA) is 91.3 Å². The van der Waals surface area contributed by atoms with Gasteiger partial charge >= 0.3 is 0 Å². The summed E-state index contributed by atoms with van der Waals surface area (Å²) in [5.41, 5.74) is 1.72. The number of rotatable bonds is 4. The van der Waals surface area contributed by atoms with E-state index in [1.54, 1.807) is 12.1 Å². The lowest BCUT2D eigenvalue weighted by molar-refractivity contribution is -0.332. The van der Waals surface area contributed by atoms with Crippen LogP contribution in [0, 0.1) is 6.92 Å². The van der Waals surface area contributed by atoms with Crippen LogP contribution in [0.25, 0.3) is 0 Å². The Kier molecular flexibility index (Phi) is 5.74. The summed E-state index contributed by atoms with van der Waals surface area (Å²) in [6.07, 6.45) is -4.71. The maximum atomic E-state index is 13.3. The molecule has 0 bridgehead atoms. The van der Waals surface area contributed by atoms with Gasteiger partial charge in [0, 0.05) is 12.7 Å². The summed E-state index contributed by atoms with van der Waals surface area (Å²) in [4.78, 5) is 0.0999. The van der Waals surface area contributed by atoms with Crippen LogP contribution in [0.15, 0.2) is 59.5 Å². The minimum Gasteiger partial charge on any atom is -0.389 e. The van der Waals surface area contributed by atoms with Gasteiger partial charge in [0.15, 0.2) is 22.4 Å². The van der Waals surface area contributed by atoms with Crippen LogP contribution in [0.5, 0.6) is 0 Å². The Morgan fingerprint density at radius 1 is 1.03 bits per heavy atom. The first-order valence-corrected chi connectivity index (χ1v) is 11.0. The number of hydrogen-bond donors (Lipinski definition) is 1. The lowest BCUT2D eigenvalue weighted by atomic mass is 9.99. The van der Waals surface area contributed by atoms with E-state index in [2.05, 4.69) is 0 Å². The van der Waals surface area contributed by atoms with Crippen LogP contribution in [0.3, 0.4) is 0 Å². The molecule has 8 heteroatoms. The third kappa shape index (κ3) is 3.84. The number of aliphatic hydroxyl groups excluding tert-OH is 1. The normalized spacial score (nSPS) is 32.5. The molecule has 2 heterocycles. The highest BCUT2D eigenvalue weighted by Crippen LogP contribution is 2.37. The number of benzene rings is 2. The number of sulfone groups is 1. The fourth-order valence-electron chi connectivity index (χ4n) is 3.75. The van der Waals surface area contributed by atoms with Crippen molar-refractivity contribution in [3.8, 4) is 0 Å². The molecule has 7 nitrogen and oxygen atoms in total. The van der Waals surface area contributed by atoms with E-state index in [4.69, 9.17) is 18.9 Å². The molecule has 0 amide bonds. The van der Waals surface area contributed by atoms with Gasteiger partial charge in [-0.15, -0.1) is 0 Å². The van der Waals surface area contributed by atoms with Crippen molar-refractivity contribution in [3.05, 3.63) is 65.7 Å². The van der Waals surface area contributed by atoms with Gasteiger partial charge in [-0.2, -0.15) is 0 Å². The third-order valence-electron chi connectivity index (χ3n) is 5.32. The van der Waals surface area contributed by atoms with Crippen molar-refractivity contribution in [2.24, 2.45) is 0 Å². The number of hydrogen-bond acceptors (Lipinski definition) is 7. The van der Waals surface area contributed by atoms with Gasteiger partial charge in [-0.3, -0.25) is 0 Å². The summed E-state index contributed by atoms with van der Waals surface area (Å²) >= 11 is 0. The van der Waals surface area contributed by atoms with Crippen LogP contribution in [0.1, 0.15) is 17.4 Å². The Morgan fingerprint density at radius 2 is 1.72 bits per heavy atom. The molecule has 156 valence electrons. The quantitative estimate of drug-likeness (QED) is 0.809. The van der Waals surface area contributed by atoms with Gasteiger partial charge in [0.1, 0.15) is 23.6 Å². The average Bonchev–Trinajstić information content (AvgIpc) is 2.74. The zero-order valence-electron chi connectivity index (χ0n) is 16.2. The maximum Gasteiger partial charge on any atom is 0.188 e. The van der Waals surface area contributed by atoms with Crippen molar-refractivity contribution in [1.29, 1.82) is 0 Å². The molecule has 4 rings (SSSR count). The molecule has 2 saturated heterocycles. The maximum absolute atomic E-state index is 13.3. The van der Waals surface area contributed by atoms with E-state index in [9.17, 15) is 13.5 Å². The molecule has 0 aliphatic carbocycles. The van der Waals surface area contributed by atoms with E-state index in [0.717, 1.165) is 11.1 Å². The van der Waals surface area contributed by atoms with Crippen LogP contribution in [0.2, 0.25) is 0 Å². The monoisotopic (exact) mass is 420 g/mol. The molecule has 0 spiro atoms. The Hall–Kier alpha value is -1.81. The fourth-order valence-corrected chi connectivity index (χ4v) is 5.57. The van der Waals surface area contributed by atoms with Gasteiger partial charge in [-0.25, -0.2) is 8.42 Å². The number of methoxy groups -OCH3 is 1. The highest BCUT2D eigenvalue weighted by atomic mass is 32.2. The number of aliphatic hydroxyl groups is 1. The highest BCUT2D eigenvalue weighted by molar-refractivity contribution is 7.92. The first-order valence-electron chi connectivity index (χ1n) is 9.40. The van der Waals surface area contributed by atoms with E-state index in [1.165, 1.54) is 19.2 Å². The summed E-state index contributed by atoms with van der Waals surface area (Å²) in [5.74, 6) is 0. The van der Waals surface area contributed by atoms with Gasteiger partial charge < -0.3 is 24.1 Å². The molecule has 2 aliphatic heterocycles. The Labute approximate surface area is 170 Å². The van der Waals surface area contributed by atoms with E-state index in [1.807, 2.05) is 37.3 Å². The smallest absolute Gasteiger partial charge is 0.188 e. The Morgan fingerprint density at radius 3 is 2.38 bits per heavy atom. The predicted octanol–water partition coefficient (Wildman–Crippen LogP) is 1.98. The van der Waals surface area contributed by atoms with Crippen LogP contribution in [0.4, 0.5) is 0 Å². The van der Waals surface area contributed by atoms with Crippen molar-refractivity contribution >= 4 is 9.84 Å². The summed E-state index contributed by atoms with van der Waals surface area (Å²) in [7, 11) is -2.59. The van der Waals surface area contributed by atoms with E-state index in [-0.39, 0.29) is 11.5 Å². The van der Waals surface area contributed by atoms with Gasteiger partial charge in [-0.1, -0.05) is 48.0 Å². The first kappa shape index (κ1) is 20.5. The molecule has 1 N–H and O–H groups in total. The molecule has 6 atom stereocenters. The van der Waals surface area contributed by atoms with Crippen molar-refractivity contribution in [1.82, 2.24) is 0 Å². The number of ether oxygens (including phenoxy) is 4. The lowest BCUT2D eigenvalue weighted by Crippen LogP contribution is -2.64. The van der Waals surface area contributed by atoms with Crippen molar-refractivity contribution in [3.63, 3.8) is 0 Å². The first-order chi connectivity index (χ1) is 13.9. The fraction of sp³-hybridized carbons (Fsp3) is 0.429. The van der Waals surface area contributed by atoms with Crippen molar-refractivity contribution < 1.29 is 32.5 Å². The predicted molar refractivity (Wildman–Crippen MR) is 104 cm³/mol. The molecule has 2 aromatic carbocycles. The van der Waals surface area contributed by atoms with Crippen LogP contribution in [-0.2, 0) is 28.8 Å². The number of fused-ring (bicyclic) bond motifs is 1. The minimum absolute atomic E-state index is 0.0999. The second kappa shape index (κ2) is 8.14. The standard InChI is InChI=1S/C21H24O7S/c1-13-8-10-15(11-9-13)29(23,24)19-17(22)18-16(27-21(19)25-2)12-26-20(28-18)14-6-4-3-5-7-14/h3-11,16-22H,12H2,1-2H3. The largest absolute Gasteiger partial charge is 0.389 e. The van der Waals surface area contributed by atoms with Crippen LogP contribution >= 0.6 is 0 Å². The summed E-state index contributed by atoms with van der Waals surface area (Å²) < 4.78 is 49.4. The zero-order chi connectivity index (χ0) is 20.6. The summed E-state index contributed by atoms with van der Waals surface area (Å²) in [5, 5.41) is 9.73. The Bertz CT molecular complexity index is 929. The lowest BCUT2D eigenvalue weighted by Gasteiger charge is -2.47. The van der Waals surface area contributed by atoms with E-state index < -0.39 is 46.0 Å². The van der Waals surface area contributed by atoms with Gasteiger partial charge in [0.2, 0.25) is 0 Å². The summed E-state index contributed by atoms with van der Waals surface area (Å²) in [6, 6.07) is 15.7. The third-order valence-corrected chi connectivity index (χ3v) is 7.47. The SMILES string of the molecule is COC1OC2COC(c3ccccc3)OC2C(O)C1S(=O)(=O)c1ccc(C)cc1. The van der Waals surface area contributed by atoms with E-state index in [0.29, 0.717) is 0 Å². The minimum atomic E-state index is -3.94. The molecule has 0 radical (unpaired) electrons. The van der Waals surface area contributed by atoms with E-state index >= 15 is 0 Å². The van der Waals surface area contributed by atoms with Crippen molar-refractivity contribution in [2.45, 2.75) is 48.0 Å². The molecule has 2 aliphatic rings. The number of aryl methyl sites for hydroxylation is 1. The zero-order valence-corrected chi connectivity index (χ0v) is 17.0. The summed E-state index contributed by atoms with van der Waals surface area (Å²) in [6.45, 7) is 2.02. The molecule has 2 fully saturated rings. The molecule has 6 unspecified atom stereocenters. The molecular weight excluding hydrogens is 396 g/mol. The second-order valence-corrected chi connectivity index (χ2v) is 9.37. The molecule has 2 aromatic rings. The highest BCUT2D eigenvalue weighted by Gasteiger charge is 2.54. The molecular formula is C21H24O7S. The van der Waals surface area contributed by atoms with Gasteiger partial charge in [0.05, 0.1) is 11.5 Å². The van der Waals surface area contributed by atoms with Crippen LogP contribution < -0.4 is 0 Å². The van der Waals surface area contributed by atoms with Crippen LogP contribution in [-0.4, -0.2) is 57.1 Å². The second-order valence-electron chi connectivity index (χ2n) is 7.27. The molecule has 0 saturated carbocycles.